The molecule has 1 aliphatic heterocycles. The third kappa shape index (κ3) is 4.41. The van der Waals surface area contributed by atoms with Crippen molar-refractivity contribution in [2.24, 2.45) is 0 Å². The number of hydrogen-bond donors (Lipinski definition) is 1. The molecule has 1 amide bonds. The van der Waals surface area contributed by atoms with Crippen LogP contribution in [0.15, 0.2) is 30.3 Å². The van der Waals surface area contributed by atoms with Crippen LogP contribution >= 0.6 is 11.6 Å². The molecular weight excluding hydrogens is 432 g/mol. The Hall–Kier alpha value is -2.65. The highest BCUT2D eigenvalue weighted by Crippen LogP contribution is 2.40. The number of benzene rings is 2. The van der Waals surface area contributed by atoms with Gasteiger partial charge in [-0.3, -0.25) is 9.10 Å². The van der Waals surface area contributed by atoms with Gasteiger partial charge in [-0.15, -0.1) is 0 Å². The molecule has 2 aromatic carbocycles. The zero-order valence-corrected chi connectivity index (χ0v) is 18.5. The van der Waals surface area contributed by atoms with Crippen molar-refractivity contribution in [3.8, 4) is 17.2 Å². The zero-order chi connectivity index (χ0) is 21.9. The highest BCUT2D eigenvalue weighted by atomic mass is 35.5. The minimum Gasteiger partial charge on any atom is -0.493 e. The summed E-state index contributed by atoms with van der Waals surface area (Å²) < 4.78 is 42.0. The molecule has 0 aromatic heterocycles. The van der Waals surface area contributed by atoms with Crippen LogP contribution in [0.1, 0.15) is 23.2 Å². The summed E-state index contributed by atoms with van der Waals surface area (Å²) in [6.07, 6.45) is 1.38. The normalized spacial score (nSPS) is 15.4. The van der Waals surface area contributed by atoms with Crippen LogP contribution in [0.5, 0.6) is 17.2 Å². The molecule has 0 bridgehead atoms. The first-order valence-electron chi connectivity index (χ1n) is 9.22. The van der Waals surface area contributed by atoms with Gasteiger partial charge in [0.1, 0.15) is 0 Å². The summed E-state index contributed by atoms with van der Waals surface area (Å²) in [7, 11) is 1.03. The number of carbonyl (C=O) groups is 1. The van der Waals surface area contributed by atoms with E-state index in [9.17, 15) is 13.2 Å². The Morgan fingerprint density at radius 2 is 1.70 bits per heavy atom. The van der Waals surface area contributed by atoms with Gasteiger partial charge in [-0.1, -0.05) is 11.6 Å². The van der Waals surface area contributed by atoms with E-state index in [0.29, 0.717) is 41.6 Å². The lowest BCUT2D eigenvalue weighted by molar-refractivity contribution is 0.102. The van der Waals surface area contributed by atoms with Crippen molar-refractivity contribution in [3.63, 3.8) is 0 Å². The lowest BCUT2D eigenvalue weighted by atomic mass is 10.1. The van der Waals surface area contributed by atoms with Crippen molar-refractivity contribution >= 4 is 38.9 Å². The summed E-state index contributed by atoms with van der Waals surface area (Å²) in [5.74, 6) is 0.749. The van der Waals surface area contributed by atoms with Crippen LogP contribution in [0.2, 0.25) is 5.02 Å². The zero-order valence-electron chi connectivity index (χ0n) is 16.9. The number of sulfonamides is 1. The van der Waals surface area contributed by atoms with Crippen molar-refractivity contribution in [1.29, 1.82) is 0 Å². The van der Waals surface area contributed by atoms with Crippen molar-refractivity contribution in [2.45, 2.75) is 12.8 Å². The molecule has 0 aliphatic carbocycles. The van der Waals surface area contributed by atoms with Gasteiger partial charge >= 0.3 is 0 Å². The lowest BCUT2D eigenvalue weighted by Gasteiger charge is -2.28. The minimum absolute atomic E-state index is 0.0859. The summed E-state index contributed by atoms with van der Waals surface area (Å²) >= 11 is 6.23. The molecule has 1 aliphatic rings. The molecule has 8 nitrogen and oxygen atoms in total. The lowest BCUT2D eigenvalue weighted by Crippen LogP contribution is -2.38. The number of halogens is 1. The van der Waals surface area contributed by atoms with Gasteiger partial charge < -0.3 is 19.5 Å². The maximum absolute atomic E-state index is 12.9. The molecule has 1 fully saturated rings. The number of ether oxygens (including phenoxy) is 3. The Kier molecular flexibility index (Phi) is 6.62. The SMILES string of the molecule is COc1cc(NC(=O)c2cc(N3CCCCS3(=O)=O)ccc2Cl)cc(OC)c1OC. The standard InChI is InChI=1S/C20H23ClN2O6S/c1-27-17-10-13(11-18(28-2)19(17)29-3)22-20(24)15-12-14(6-7-16(15)21)23-8-4-5-9-30(23,25)26/h6-7,10-12H,4-5,8-9H2,1-3H3,(H,22,24). The number of carbonyl (C=O) groups excluding carboxylic acids is 1. The van der Waals surface area contributed by atoms with E-state index < -0.39 is 15.9 Å². The van der Waals surface area contributed by atoms with Gasteiger partial charge in [0.05, 0.1) is 43.4 Å². The first-order chi connectivity index (χ1) is 14.3. The van der Waals surface area contributed by atoms with E-state index in [1.54, 1.807) is 18.2 Å². The quantitative estimate of drug-likeness (QED) is 0.717. The minimum atomic E-state index is -3.40. The fraction of sp³-hybridized carbons (Fsp3) is 0.350. The second kappa shape index (κ2) is 9.01. The molecule has 0 saturated carbocycles. The summed E-state index contributed by atoms with van der Waals surface area (Å²) in [6, 6.07) is 7.78. The summed E-state index contributed by atoms with van der Waals surface area (Å²) in [5.41, 5.74) is 0.972. The van der Waals surface area contributed by atoms with Crippen LogP contribution < -0.4 is 23.8 Å². The predicted octanol–water partition coefficient (Wildman–Crippen LogP) is 3.55. The van der Waals surface area contributed by atoms with Gasteiger partial charge in [0.15, 0.2) is 11.5 Å². The molecule has 1 heterocycles. The van der Waals surface area contributed by atoms with E-state index >= 15 is 0 Å². The third-order valence-corrected chi connectivity index (χ3v) is 6.95. The van der Waals surface area contributed by atoms with Gasteiger partial charge in [0.25, 0.3) is 5.91 Å². The average Bonchev–Trinajstić information content (AvgIpc) is 2.73. The smallest absolute Gasteiger partial charge is 0.257 e. The van der Waals surface area contributed by atoms with E-state index in [0.717, 1.165) is 6.42 Å². The molecule has 2 aromatic rings. The van der Waals surface area contributed by atoms with Crippen molar-refractivity contribution in [2.75, 3.05) is 43.2 Å². The number of hydrogen-bond acceptors (Lipinski definition) is 6. The fourth-order valence-electron chi connectivity index (χ4n) is 3.27. The number of rotatable bonds is 6. The first-order valence-corrected chi connectivity index (χ1v) is 11.2. The molecule has 0 unspecified atom stereocenters. The molecule has 30 heavy (non-hydrogen) atoms. The van der Waals surface area contributed by atoms with Crippen molar-refractivity contribution in [3.05, 3.63) is 40.9 Å². The second-order valence-electron chi connectivity index (χ2n) is 6.63. The Bertz CT molecular complexity index is 1030. The van der Waals surface area contributed by atoms with E-state index in [1.807, 2.05) is 0 Å². The second-order valence-corrected chi connectivity index (χ2v) is 9.05. The summed E-state index contributed by atoms with van der Waals surface area (Å²) in [6.45, 7) is 0.373. The topological polar surface area (TPSA) is 94.2 Å². The van der Waals surface area contributed by atoms with E-state index in [1.165, 1.54) is 37.8 Å². The van der Waals surface area contributed by atoms with Gasteiger partial charge in [-0.05, 0) is 31.0 Å². The van der Waals surface area contributed by atoms with Crippen molar-refractivity contribution in [1.82, 2.24) is 0 Å². The van der Waals surface area contributed by atoms with Crippen LogP contribution in [0.25, 0.3) is 0 Å². The van der Waals surface area contributed by atoms with Crippen LogP contribution in [0, 0.1) is 0 Å². The largest absolute Gasteiger partial charge is 0.493 e. The molecule has 0 atom stereocenters. The molecule has 162 valence electrons. The van der Waals surface area contributed by atoms with Crippen LogP contribution in [-0.4, -0.2) is 48.0 Å². The van der Waals surface area contributed by atoms with E-state index in [-0.39, 0.29) is 16.3 Å². The maximum Gasteiger partial charge on any atom is 0.257 e. The van der Waals surface area contributed by atoms with Gasteiger partial charge in [-0.25, -0.2) is 8.42 Å². The molecule has 10 heteroatoms. The molecule has 1 saturated heterocycles. The molecule has 1 N–H and O–H groups in total. The Balaban J connectivity index is 1.92. The Morgan fingerprint density at radius 1 is 1.03 bits per heavy atom. The van der Waals surface area contributed by atoms with Crippen LogP contribution in [-0.2, 0) is 10.0 Å². The van der Waals surface area contributed by atoms with Crippen molar-refractivity contribution < 1.29 is 27.4 Å². The first kappa shape index (κ1) is 22.0. The molecular formula is C20H23ClN2O6S. The van der Waals surface area contributed by atoms with Gasteiger partial charge in [0.2, 0.25) is 15.8 Å². The monoisotopic (exact) mass is 454 g/mol. The average molecular weight is 455 g/mol. The molecule has 0 radical (unpaired) electrons. The summed E-state index contributed by atoms with van der Waals surface area (Å²) in [4.78, 5) is 12.9. The number of methoxy groups -OCH3 is 3. The predicted molar refractivity (Wildman–Crippen MR) is 116 cm³/mol. The van der Waals surface area contributed by atoms with E-state index in [2.05, 4.69) is 5.32 Å². The maximum atomic E-state index is 12.9. The fourth-order valence-corrected chi connectivity index (χ4v) is 5.11. The van der Waals surface area contributed by atoms with Crippen LogP contribution in [0.3, 0.4) is 0 Å². The number of nitrogens with zero attached hydrogens (tertiary/aromatic N) is 1. The Morgan fingerprint density at radius 3 is 2.27 bits per heavy atom. The van der Waals surface area contributed by atoms with E-state index in [4.69, 9.17) is 25.8 Å². The van der Waals surface area contributed by atoms with Gasteiger partial charge in [-0.2, -0.15) is 0 Å². The molecule has 0 spiro atoms. The number of nitrogens with one attached hydrogen (secondary N) is 1. The Labute approximate surface area is 180 Å². The molecule has 3 rings (SSSR count). The van der Waals surface area contributed by atoms with Crippen LogP contribution in [0.4, 0.5) is 11.4 Å². The highest BCUT2D eigenvalue weighted by Gasteiger charge is 2.27. The third-order valence-electron chi connectivity index (χ3n) is 4.75. The summed E-state index contributed by atoms with van der Waals surface area (Å²) in [5, 5.41) is 2.95. The number of amides is 1. The highest BCUT2D eigenvalue weighted by molar-refractivity contribution is 7.92. The van der Waals surface area contributed by atoms with Gasteiger partial charge in [0, 0.05) is 24.4 Å². The number of anilines is 2.